The van der Waals surface area contributed by atoms with Gasteiger partial charge in [-0.25, -0.2) is 0 Å². The predicted molar refractivity (Wildman–Crippen MR) is 65.3 cm³/mol. The smallest absolute Gasteiger partial charge is 0.313 e. The second-order valence-corrected chi connectivity index (χ2v) is 3.58. The second-order valence-electron chi connectivity index (χ2n) is 3.14. The molecule has 0 aliphatic heterocycles. The number of carbonyl (C=O) groups is 2. The van der Waals surface area contributed by atoms with Crippen molar-refractivity contribution in [2.24, 2.45) is 0 Å². The fourth-order valence-electron chi connectivity index (χ4n) is 1.16. The Bertz CT molecular complexity index is 511. The van der Waals surface area contributed by atoms with Gasteiger partial charge in [0.1, 0.15) is 12.3 Å². The van der Waals surface area contributed by atoms with Gasteiger partial charge in [0.2, 0.25) is 0 Å². The predicted octanol–water partition coefficient (Wildman–Crippen LogP) is 0.927. The first-order valence-electron chi connectivity index (χ1n) is 4.88. The highest BCUT2D eigenvalue weighted by atomic mass is 35.5. The Balaban J connectivity index is 2.78. The highest BCUT2D eigenvalue weighted by Gasteiger charge is 2.15. The van der Waals surface area contributed by atoms with Crippen molar-refractivity contribution in [3.8, 4) is 11.8 Å². The molecule has 2 amide bonds. The van der Waals surface area contributed by atoms with E-state index in [9.17, 15) is 9.59 Å². The molecule has 0 radical (unpaired) electrons. The Labute approximate surface area is 108 Å². The minimum absolute atomic E-state index is 0.237. The molecule has 7 heteroatoms. The Morgan fingerprint density at radius 2 is 2.17 bits per heavy atom. The molecule has 0 spiro atoms. The molecule has 0 bridgehead atoms. The van der Waals surface area contributed by atoms with Crippen LogP contribution in [-0.4, -0.2) is 25.5 Å². The molecule has 0 saturated carbocycles. The van der Waals surface area contributed by atoms with Gasteiger partial charge in [0.05, 0.1) is 18.9 Å². The van der Waals surface area contributed by atoms with Gasteiger partial charge in [0, 0.05) is 5.02 Å². The van der Waals surface area contributed by atoms with Gasteiger partial charge in [-0.1, -0.05) is 11.6 Å². The Kier molecular flexibility index (Phi) is 4.96. The normalized spacial score (nSPS) is 9.17. The van der Waals surface area contributed by atoms with Gasteiger partial charge in [0.15, 0.2) is 0 Å². The van der Waals surface area contributed by atoms with Crippen LogP contribution in [0.25, 0.3) is 0 Å². The molecule has 0 aromatic heterocycles. The SMILES string of the molecule is COc1ccc(Cl)cc1NC(=O)C(=O)NCC#N. The zero-order valence-corrected chi connectivity index (χ0v) is 10.2. The minimum Gasteiger partial charge on any atom is -0.495 e. The number of hydrogen-bond acceptors (Lipinski definition) is 4. The van der Waals surface area contributed by atoms with E-state index in [2.05, 4.69) is 10.6 Å². The molecule has 18 heavy (non-hydrogen) atoms. The van der Waals surface area contributed by atoms with Crippen LogP contribution >= 0.6 is 11.6 Å². The number of hydrogen-bond donors (Lipinski definition) is 2. The number of methoxy groups -OCH3 is 1. The van der Waals surface area contributed by atoms with Crippen LogP contribution in [0.15, 0.2) is 18.2 Å². The maximum absolute atomic E-state index is 11.5. The highest BCUT2D eigenvalue weighted by molar-refractivity contribution is 6.40. The van der Waals surface area contributed by atoms with Gasteiger partial charge in [-0.15, -0.1) is 0 Å². The summed E-state index contributed by atoms with van der Waals surface area (Å²) in [4.78, 5) is 22.7. The highest BCUT2D eigenvalue weighted by Crippen LogP contribution is 2.27. The number of amides is 2. The Morgan fingerprint density at radius 3 is 2.78 bits per heavy atom. The van der Waals surface area contributed by atoms with Crippen molar-refractivity contribution < 1.29 is 14.3 Å². The van der Waals surface area contributed by atoms with Crippen LogP contribution in [-0.2, 0) is 9.59 Å². The zero-order valence-electron chi connectivity index (χ0n) is 9.49. The van der Waals surface area contributed by atoms with Gasteiger partial charge >= 0.3 is 11.8 Å². The largest absolute Gasteiger partial charge is 0.495 e. The van der Waals surface area contributed by atoms with Crippen LogP contribution < -0.4 is 15.4 Å². The summed E-state index contributed by atoms with van der Waals surface area (Å²) in [6.45, 7) is -0.237. The van der Waals surface area contributed by atoms with Crippen LogP contribution in [0.1, 0.15) is 0 Å². The van der Waals surface area contributed by atoms with E-state index in [0.29, 0.717) is 10.8 Å². The molecule has 94 valence electrons. The van der Waals surface area contributed by atoms with Crippen LogP contribution in [0.2, 0.25) is 5.02 Å². The van der Waals surface area contributed by atoms with Crippen LogP contribution in [0.3, 0.4) is 0 Å². The first kappa shape index (κ1) is 13.8. The van der Waals surface area contributed by atoms with E-state index in [-0.39, 0.29) is 12.2 Å². The fourth-order valence-corrected chi connectivity index (χ4v) is 1.33. The maximum Gasteiger partial charge on any atom is 0.313 e. The summed E-state index contributed by atoms with van der Waals surface area (Å²) in [5.41, 5.74) is 0.280. The summed E-state index contributed by atoms with van der Waals surface area (Å²) >= 11 is 5.77. The molecule has 0 heterocycles. The molecule has 0 aliphatic rings. The minimum atomic E-state index is -0.904. The number of anilines is 1. The molecule has 1 aromatic carbocycles. The standard InChI is InChI=1S/C11H10ClN3O3/c1-18-9-3-2-7(12)6-8(9)15-11(17)10(16)14-5-4-13/h2-3,6H,5H2,1H3,(H,14,16)(H,15,17). The fraction of sp³-hybridized carbons (Fsp3) is 0.182. The second kappa shape index (κ2) is 6.47. The average molecular weight is 268 g/mol. The van der Waals surface area contributed by atoms with Crippen molar-refractivity contribution in [2.45, 2.75) is 0 Å². The first-order chi connectivity index (χ1) is 8.58. The molecule has 0 unspecified atom stereocenters. The maximum atomic E-state index is 11.5. The first-order valence-corrected chi connectivity index (χ1v) is 5.26. The van der Waals surface area contributed by atoms with E-state index in [1.165, 1.54) is 13.2 Å². The third-order valence-corrected chi connectivity index (χ3v) is 2.18. The third kappa shape index (κ3) is 3.64. The topological polar surface area (TPSA) is 91.2 Å². The lowest BCUT2D eigenvalue weighted by molar-refractivity contribution is -0.136. The summed E-state index contributed by atoms with van der Waals surface area (Å²) in [5.74, 6) is -1.43. The number of nitrogens with zero attached hydrogens (tertiary/aromatic N) is 1. The lowest BCUT2D eigenvalue weighted by atomic mass is 10.3. The summed E-state index contributed by atoms with van der Waals surface area (Å²) in [5, 5.41) is 13.1. The molecule has 0 aliphatic carbocycles. The average Bonchev–Trinajstić information content (AvgIpc) is 2.36. The summed E-state index contributed by atoms with van der Waals surface area (Å²) in [7, 11) is 1.43. The van der Waals surface area contributed by atoms with Gasteiger partial charge in [0.25, 0.3) is 0 Å². The van der Waals surface area contributed by atoms with E-state index in [1.807, 2.05) is 0 Å². The third-order valence-electron chi connectivity index (χ3n) is 1.94. The van der Waals surface area contributed by atoms with E-state index < -0.39 is 11.8 Å². The van der Waals surface area contributed by atoms with Crippen LogP contribution in [0.5, 0.6) is 5.75 Å². The quantitative estimate of drug-likeness (QED) is 0.629. The molecule has 1 aromatic rings. The van der Waals surface area contributed by atoms with E-state index in [4.69, 9.17) is 21.6 Å². The monoisotopic (exact) mass is 267 g/mol. The van der Waals surface area contributed by atoms with E-state index in [1.54, 1.807) is 18.2 Å². The summed E-state index contributed by atoms with van der Waals surface area (Å²) in [6, 6.07) is 6.30. The molecule has 1 rings (SSSR count). The number of rotatable bonds is 3. The van der Waals surface area contributed by atoms with Crippen molar-refractivity contribution in [1.82, 2.24) is 5.32 Å². The van der Waals surface area contributed by atoms with Crippen molar-refractivity contribution in [3.05, 3.63) is 23.2 Å². The van der Waals surface area contributed by atoms with Crippen LogP contribution in [0, 0.1) is 11.3 Å². The molecule has 0 saturated heterocycles. The van der Waals surface area contributed by atoms with E-state index in [0.717, 1.165) is 0 Å². The molecular weight excluding hydrogens is 258 g/mol. The van der Waals surface area contributed by atoms with Crippen molar-refractivity contribution >= 4 is 29.1 Å². The number of benzene rings is 1. The lowest BCUT2D eigenvalue weighted by Gasteiger charge is -2.09. The van der Waals surface area contributed by atoms with Gasteiger partial charge in [-0.3, -0.25) is 9.59 Å². The molecule has 0 fully saturated rings. The number of ether oxygens (including phenoxy) is 1. The number of nitriles is 1. The molecular formula is C11H10ClN3O3. The van der Waals surface area contributed by atoms with Gasteiger partial charge in [-0.05, 0) is 18.2 Å². The number of carbonyl (C=O) groups excluding carboxylic acids is 2. The van der Waals surface area contributed by atoms with Gasteiger partial charge in [-0.2, -0.15) is 5.26 Å². The Hall–Kier alpha value is -2.26. The molecule has 0 atom stereocenters. The van der Waals surface area contributed by atoms with Gasteiger partial charge < -0.3 is 15.4 Å². The van der Waals surface area contributed by atoms with Crippen molar-refractivity contribution in [2.75, 3.05) is 19.0 Å². The van der Waals surface area contributed by atoms with Crippen molar-refractivity contribution in [3.63, 3.8) is 0 Å². The molecule has 2 N–H and O–H groups in total. The summed E-state index contributed by atoms with van der Waals surface area (Å²) < 4.78 is 5.00. The van der Waals surface area contributed by atoms with Crippen molar-refractivity contribution in [1.29, 1.82) is 5.26 Å². The lowest BCUT2D eigenvalue weighted by Crippen LogP contribution is -2.35. The number of halogens is 1. The Morgan fingerprint density at radius 1 is 1.44 bits per heavy atom. The zero-order chi connectivity index (χ0) is 13.5. The van der Waals surface area contributed by atoms with Crippen LogP contribution in [0.4, 0.5) is 5.69 Å². The molecule has 6 nitrogen and oxygen atoms in total. The van der Waals surface area contributed by atoms with E-state index >= 15 is 0 Å². The number of nitrogens with one attached hydrogen (secondary N) is 2. The summed E-state index contributed by atoms with van der Waals surface area (Å²) in [6.07, 6.45) is 0.